The van der Waals surface area contributed by atoms with Crippen molar-refractivity contribution in [2.75, 3.05) is 0 Å². The van der Waals surface area contributed by atoms with Crippen LogP contribution < -0.4 is 0 Å². The Bertz CT molecular complexity index is 4060. The van der Waals surface area contributed by atoms with Gasteiger partial charge in [-0.25, -0.2) is 9.97 Å². The summed E-state index contributed by atoms with van der Waals surface area (Å²) in [4.78, 5) is 10.7. The Labute approximate surface area is 390 Å². The molecule has 14 aromatic rings. The van der Waals surface area contributed by atoms with Crippen molar-refractivity contribution < 1.29 is 4.42 Å². The van der Waals surface area contributed by atoms with Crippen LogP contribution in [-0.4, -0.2) is 23.7 Å². The lowest BCUT2D eigenvalue weighted by atomic mass is 9.96. The van der Waals surface area contributed by atoms with Crippen LogP contribution in [-0.2, 0) is 0 Å². The van der Waals surface area contributed by atoms with Gasteiger partial charge in [0.2, 0.25) is 0 Å². The second-order valence-corrected chi connectivity index (χ2v) is 17.4. The summed E-state index contributed by atoms with van der Waals surface area (Å²) in [6.45, 7) is 0. The molecule has 0 fully saturated rings. The molecule has 0 atom stereocenters. The average Bonchev–Trinajstić information content (AvgIpc) is 4.18. The van der Waals surface area contributed by atoms with Crippen LogP contribution in [0.25, 0.3) is 128 Å². The van der Waals surface area contributed by atoms with Gasteiger partial charge in [-0.05, 0) is 138 Å². The number of rotatable bonds is 7. The van der Waals surface area contributed by atoms with Crippen molar-refractivity contribution in [1.29, 1.82) is 0 Å². The molecule has 0 N–H and O–H groups in total. The molecular formula is C62H39N5O. The summed E-state index contributed by atoms with van der Waals surface area (Å²) >= 11 is 0. The first kappa shape index (κ1) is 38.1. The van der Waals surface area contributed by atoms with Gasteiger partial charge in [-0.3, -0.25) is 9.13 Å². The van der Waals surface area contributed by atoms with Crippen molar-refractivity contribution in [3.8, 4) is 62.1 Å². The third-order valence-corrected chi connectivity index (χ3v) is 13.4. The molecule has 6 nitrogen and oxygen atoms in total. The third-order valence-electron chi connectivity index (χ3n) is 13.4. The number of benzene rings is 10. The largest absolute Gasteiger partial charge is 0.456 e. The summed E-state index contributed by atoms with van der Waals surface area (Å²) in [5, 5.41) is 4.64. The fraction of sp³-hybridized carbons (Fsp3) is 0. The number of fused-ring (bicyclic) bond motifs is 8. The third kappa shape index (κ3) is 6.05. The Morgan fingerprint density at radius 2 is 0.662 bits per heavy atom. The van der Waals surface area contributed by atoms with Crippen LogP contribution in [0.1, 0.15) is 0 Å². The Hall–Kier alpha value is -9.26. The maximum absolute atomic E-state index is 6.54. The van der Waals surface area contributed by atoms with Gasteiger partial charge in [0.05, 0.1) is 33.1 Å². The SMILES string of the molecule is c1ccc(-n2c(-c3cc(-c4ccc5oc6ccc(-c7ccc(-n8c9ccccc9c9ccccc98)cc7)cc6c5c4)cc(-c4nc5ccccc5n4-c4ccccc4)c3)nc3ccccc32)cc1. The monoisotopic (exact) mass is 869 g/mol. The van der Waals surface area contributed by atoms with E-state index in [0.29, 0.717) is 0 Å². The molecule has 4 aromatic heterocycles. The predicted octanol–water partition coefficient (Wildman–Crippen LogP) is 16.0. The number of furan rings is 1. The quantitative estimate of drug-likeness (QED) is 0.160. The Morgan fingerprint density at radius 3 is 1.18 bits per heavy atom. The molecule has 0 aliphatic rings. The van der Waals surface area contributed by atoms with Crippen LogP contribution in [0.3, 0.4) is 0 Å². The second-order valence-electron chi connectivity index (χ2n) is 17.4. The van der Waals surface area contributed by atoms with Gasteiger partial charge in [-0.15, -0.1) is 0 Å². The Morgan fingerprint density at radius 1 is 0.265 bits per heavy atom. The van der Waals surface area contributed by atoms with Crippen molar-refractivity contribution in [3.63, 3.8) is 0 Å². The van der Waals surface area contributed by atoms with Crippen molar-refractivity contribution in [2.24, 2.45) is 0 Å². The van der Waals surface area contributed by atoms with Crippen LogP contribution in [0.15, 0.2) is 241 Å². The van der Waals surface area contributed by atoms with E-state index in [2.05, 4.69) is 250 Å². The van der Waals surface area contributed by atoms with E-state index >= 15 is 0 Å². The normalized spacial score (nSPS) is 11.8. The van der Waals surface area contributed by atoms with Gasteiger partial charge in [0, 0.05) is 49.7 Å². The lowest BCUT2D eigenvalue weighted by molar-refractivity contribution is 0.669. The van der Waals surface area contributed by atoms with E-state index in [1.54, 1.807) is 0 Å². The molecule has 0 unspecified atom stereocenters. The van der Waals surface area contributed by atoms with E-state index in [4.69, 9.17) is 14.4 Å². The molecule has 68 heavy (non-hydrogen) atoms. The van der Waals surface area contributed by atoms with Gasteiger partial charge in [-0.1, -0.05) is 121 Å². The van der Waals surface area contributed by atoms with Crippen LogP contribution in [0, 0.1) is 0 Å². The van der Waals surface area contributed by atoms with E-state index < -0.39 is 0 Å². The van der Waals surface area contributed by atoms with E-state index in [1.807, 2.05) is 0 Å². The molecule has 6 heteroatoms. The zero-order chi connectivity index (χ0) is 44.7. The van der Waals surface area contributed by atoms with E-state index in [9.17, 15) is 0 Å². The van der Waals surface area contributed by atoms with Crippen LogP contribution >= 0.6 is 0 Å². The fourth-order valence-electron chi connectivity index (χ4n) is 10.3. The maximum Gasteiger partial charge on any atom is 0.145 e. The number of aromatic nitrogens is 5. The standard InChI is InChI=1S/C62H39N5O/c1-3-15-46(16-4-1)66-57-25-13-9-21-53(57)63-61(66)44-35-43(36-45(37-44)62-64-54-22-10-14-26-58(54)67(62)47-17-5-2-6-18-47)42-30-34-60-52(39-42)51-38-41(29-33-59(51)68-60)40-27-31-48(32-28-40)65-55-23-11-7-19-49(55)50-20-8-12-24-56(50)65/h1-39H. The summed E-state index contributed by atoms with van der Waals surface area (Å²) in [5.41, 5.74) is 17.6. The van der Waals surface area contributed by atoms with E-state index in [-0.39, 0.29) is 0 Å². The van der Waals surface area contributed by atoms with Crippen molar-refractivity contribution in [1.82, 2.24) is 23.7 Å². The Kier molecular flexibility index (Phi) is 8.48. The zero-order valence-electron chi connectivity index (χ0n) is 36.7. The van der Waals surface area contributed by atoms with Crippen molar-refractivity contribution in [2.45, 2.75) is 0 Å². The first-order chi connectivity index (χ1) is 33.7. The highest BCUT2D eigenvalue weighted by Gasteiger charge is 2.21. The molecule has 0 aliphatic heterocycles. The average molecular weight is 870 g/mol. The summed E-state index contributed by atoms with van der Waals surface area (Å²) in [6, 6.07) is 83.8. The second kappa shape index (κ2) is 15.2. The van der Waals surface area contributed by atoms with Gasteiger partial charge >= 0.3 is 0 Å². The van der Waals surface area contributed by atoms with Crippen molar-refractivity contribution >= 4 is 65.8 Å². The van der Waals surface area contributed by atoms with Crippen LogP contribution in [0.2, 0.25) is 0 Å². The zero-order valence-corrected chi connectivity index (χ0v) is 36.7. The van der Waals surface area contributed by atoms with E-state index in [0.717, 1.165) is 106 Å². The van der Waals surface area contributed by atoms with Gasteiger partial charge in [0.25, 0.3) is 0 Å². The number of hydrogen-bond donors (Lipinski definition) is 0. The van der Waals surface area contributed by atoms with Gasteiger partial charge in [0.15, 0.2) is 0 Å². The highest BCUT2D eigenvalue weighted by atomic mass is 16.3. The molecule has 0 saturated heterocycles. The minimum atomic E-state index is 0.843. The smallest absolute Gasteiger partial charge is 0.145 e. The van der Waals surface area contributed by atoms with E-state index in [1.165, 1.54) is 21.8 Å². The molecule has 4 heterocycles. The minimum Gasteiger partial charge on any atom is -0.456 e. The fourth-order valence-corrected chi connectivity index (χ4v) is 10.3. The number of para-hydroxylation sites is 8. The number of nitrogens with zero attached hydrogens (tertiary/aromatic N) is 5. The summed E-state index contributed by atoms with van der Waals surface area (Å²) < 4.78 is 13.4. The molecule has 318 valence electrons. The molecule has 14 rings (SSSR count). The minimum absolute atomic E-state index is 0.843. The molecule has 0 radical (unpaired) electrons. The Balaban J connectivity index is 0.934. The topological polar surface area (TPSA) is 53.7 Å². The highest BCUT2D eigenvalue weighted by Crippen LogP contribution is 2.40. The molecule has 0 amide bonds. The van der Waals surface area contributed by atoms with Crippen LogP contribution in [0.5, 0.6) is 0 Å². The van der Waals surface area contributed by atoms with Gasteiger partial charge < -0.3 is 8.98 Å². The number of hydrogen-bond acceptors (Lipinski definition) is 3. The molecule has 0 bridgehead atoms. The lowest BCUT2D eigenvalue weighted by Gasteiger charge is -2.15. The number of imidazole rings is 2. The maximum atomic E-state index is 6.54. The predicted molar refractivity (Wildman–Crippen MR) is 279 cm³/mol. The molecular weight excluding hydrogens is 831 g/mol. The summed E-state index contributed by atoms with van der Waals surface area (Å²) in [7, 11) is 0. The lowest BCUT2D eigenvalue weighted by Crippen LogP contribution is -2.00. The molecule has 10 aromatic carbocycles. The van der Waals surface area contributed by atoms with Gasteiger partial charge in [0.1, 0.15) is 22.8 Å². The van der Waals surface area contributed by atoms with Gasteiger partial charge in [-0.2, -0.15) is 0 Å². The van der Waals surface area contributed by atoms with Crippen molar-refractivity contribution in [3.05, 3.63) is 237 Å². The first-order valence-corrected chi connectivity index (χ1v) is 23.0. The molecule has 0 saturated carbocycles. The molecule has 0 aliphatic carbocycles. The summed E-state index contributed by atoms with van der Waals surface area (Å²) in [5.74, 6) is 1.71. The highest BCUT2D eigenvalue weighted by molar-refractivity contribution is 6.10. The summed E-state index contributed by atoms with van der Waals surface area (Å²) in [6.07, 6.45) is 0. The molecule has 0 spiro atoms. The first-order valence-electron chi connectivity index (χ1n) is 23.0. The van der Waals surface area contributed by atoms with Crippen LogP contribution in [0.4, 0.5) is 0 Å².